The zero-order valence-electron chi connectivity index (χ0n) is 20.5. The summed E-state index contributed by atoms with van der Waals surface area (Å²) in [6.45, 7) is 5.35. The summed E-state index contributed by atoms with van der Waals surface area (Å²) >= 11 is 0. The minimum absolute atomic E-state index is 0.479. The van der Waals surface area contributed by atoms with Crippen LogP contribution in [0.3, 0.4) is 0 Å². The van der Waals surface area contributed by atoms with Crippen LogP contribution in [-0.4, -0.2) is 58.9 Å². The van der Waals surface area contributed by atoms with E-state index in [9.17, 15) is 0 Å². The number of nitrogens with one attached hydrogen (secondary N) is 2. The van der Waals surface area contributed by atoms with Gasteiger partial charge in [-0.15, -0.1) is 0 Å². The molecule has 1 aromatic carbocycles. The first kappa shape index (κ1) is 24.8. The fourth-order valence-electron chi connectivity index (χ4n) is 4.15. The predicted molar refractivity (Wildman–Crippen MR) is 143 cm³/mol. The number of morpholine rings is 1. The lowest BCUT2D eigenvalue weighted by atomic mass is 10.1. The molecule has 1 aliphatic carbocycles. The Morgan fingerprint density at radius 3 is 2.89 bits per heavy atom. The lowest BCUT2D eigenvalue weighted by molar-refractivity contribution is 0.121. The third-order valence-electron chi connectivity index (χ3n) is 5.95. The summed E-state index contributed by atoms with van der Waals surface area (Å²) in [5.74, 6) is 0.861. The van der Waals surface area contributed by atoms with E-state index in [0.717, 1.165) is 67.4 Å². The van der Waals surface area contributed by atoms with Gasteiger partial charge in [0, 0.05) is 49.2 Å². The molecule has 4 rings (SSSR count). The number of allylic oxidation sites excluding steroid dienone is 6. The molecule has 186 valence electrons. The van der Waals surface area contributed by atoms with Gasteiger partial charge in [-0.1, -0.05) is 24.3 Å². The lowest BCUT2D eigenvalue weighted by Crippen LogP contribution is -2.36. The van der Waals surface area contributed by atoms with Crippen molar-refractivity contribution in [3.8, 4) is 0 Å². The molecule has 0 amide bonds. The van der Waals surface area contributed by atoms with Gasteiger partial charge in [0.15, 0.2) is 0 Å². The highest BCUT2D eigenvalue weighted by atomic mass is 16.5. The van der Waals surface area contributed by atoms with Crippen molar-refractivity contribution in [3.05, 3.63) is 83.8 Å². The van der Waals surface area contributed by atoms with Gasteiger partial charge in [0.05, 0.1) is 26.4 Å². The van der Waals surface area contributed by atoms with Crippen molar-refractivity contribution in [3.63, 3.8) is 0 Å². The number of benzene rings is 1. The molecule has 7 nitrogen and oxygen atoms in total. The van der Waals surface area contributed by atoms with Crippen molar-refractivity contribution in [2.75, 3.05) is 63.5 Å². The molecule has 0 atom stereocenters. The van der Waals surface area contributed by atoms with Gasteiger partial charge in [-0.25, -0.2) is 0 Å². The van der Waals surface area contributed by atoms with E-state index >= 15 is 0 Å². The predicted octanol–water partition coefficient (Wildman–Crippen LogP) is 4.33. The van der Waals surface area contributed by atoms with Gasteiger partial charge in [-0.3, -0.25) is 4.99 Å². The minimum Gasteiger partial charge on any atom is -0.490 e. The summed E-state index contributed by atoms with van der Waals surface area (Å²) in [5.41, 5.74) is 5.47. The normalized spacial score (nSPS) is 22.0. The second-order valence-corrected chi connectivity index (χ2v) is 8.42. The van der Waals surface area contributed by atoms with Crippen molar-refractivity contribution < 1.29 is 14.2 Å². The van der Waals surface area contributed by atoms with Crippen molar-refractivity contribution in [2.45, 2.75) is 19.4 Å². The highest BCUT2D eigenvalue weighted by Gasteiger charge is 2.15. The van der Waals surface area contributed by atoms with Gasteiger partial charge in [0.1, 0.15) is 19.0 Å². The van der Waals surface area contributed by atoms with E-state index in [2.05, 4.69) is 64.1 Å². The van der Waals surface area contributed by atoms with Crippen LogP contribution in [0.1, 0.15) is 18.4 Å². The van der Waals surface area contributed by atoms with Crippen molar-refractivity contribution >= 4 is 17.1 Å². The van der Waals surface area contributed by atoms with E-state index < -0.39 is 0 Å². The van der Waals surface area contributed by atoms with E-state index in [0.29, 0.717) is 26.5 Å². The molecule has 1 fully saturated rings. The number of aliphatic imine (C=N–C) groups is 1. The van der Waals surface area contributed by atoms with Gasteiger partial charge in [-0.05, 0) is 54.6 Å². The molecular weight excluding hydrogens is 440 g/mol. The molecule has 35 heavy (non-hydrogen) atoms. The summed E-state index contributed by atoms with van der Waals surface area (Å²) in [4.78, 5) is 7.30. The Labute approximate surface area is 208 Å². The number of anilines is 2. The van der Waals surface area contributed by atoms with Gasteiger partial charge >= 0.3 is 0 Å². The molecule has 2 heterocycles. The van der Waals surface area contributed by atoms with Crippen molar-refractivity contribution in [2.24, 2.45) is 4.99 Å². The lowest BCUT2D eigenvalue weighted by Gasteiger charge is -2.31. The maximum Gasteiger partial charge on any atom is 0.116 e. The van der Waals surface area contributed by atoms with E-state index in [-0.39, 0.29) is 0 Å². The standard InChI is InChI=1S/C28H36N4O3/c1-29-12-6-9-27-23-7-2-3-8-26(20-23)35-16-5-4-15-34-21-24-19-25(30-22-31-27)10-11-28(24)32-13-17-33-18-14-32/h2,4-8,10-12,19-20,29-30H,3,9,13-18,21-22H2,1H3/b5-4-,12-6-,31-27+. The van der Waals surface area contributed by atoms with Crippen LogP contribution in [-0.2, 0) is 20.8 Å². The summed E-state index contributed by atoms with van der Waals surface area (Å²) in [5, 5.41) is 6.54. The summed E-state index contributed by atoms with van der Waals surface area (Å²) < 4.78 is 17.6. The first-order valence-electron chi connectivity index (χ1n) is 12.3. The molecule has 2 aliphatic heterocycles. The minimum atomic E-state index is 0.479. The average Bonchev–Trinajstić information content (AvgIpc) is 3.13. The molecular formula is C28H36N4O3. The van der Waals surface area contributed by atoms with E-state index in [1.165, 1.54) is 5.69 Å². The van der Waals surface area contributed by atoms with Crippen molar-refractivity contribution in [1.29, 1.82) is 0 Å². The smallest absolute Gasteiger partial charge is 0.116 e. The fourth-order valence-corrected chi connectivity index (χ4v) is 4.15. The zero-order valence-corrected chi connectivity index (χ0v) is 20.5. The third-order valence-corrected chi connectivity index (χ3v) is 5.95. The Morgan fingerprint density at radius 2 is 2.00 bits per heavy atom. The van der Waals surface area contributed by atoms with Gasteiger partial charge in [-0.2, -0.15) is 0 Å². The highest BCUT2D eigenvalue weighted by Crippen LogP contribution is 2.26. The Bertz CT molecular complexity index is 1020. The number of ether oxygens (including phenoxy) is 3. The molecule has 3 aliphatic rings. The number of hydrogen-bond donors (Lipinski definition) is 2. The molecule has 0 unspecified atom stereocenters. The molecule has 1 saturated heterocycles. The van der Waals surface area contributed by atoms with Crippen LogP contribution >= 0.6 is 0 Å². The molecule has 4 bridgehead atoms. The van der Waals surface area contributed by atoms with Crippen LogP contribution in [0.5, 0.6) is 0 Å². The van der Waals surface area contributed by atoms with Crippen LogP contribution in [0.4, 0.5) is 11.4 Å². The zero-order chi connectivity index (χ0) is 24.1. The van der Waals surface area contributed by atoms with Crippen LogP contribution in [0.15, 0.2) is 83.3 Å². The second-order valence-electron chi connectivity index (χ2n) is 8.42. The van der Waals surface area contributed by atoms with Crippen LogP contribution in [0.25, 0.3) is 0 Å². The Balaban J connectivity index is 1.60. The largest absolute Gasteiger partial charge is 0.490 e. The summed E-state index contributed by atoms with van der Waals surface area (Å²) in [6.07, 6.45) is 18.1. The molecule has 0 radical (unpaired) electrons. The number of rotatable bonds is 4. The summed E-state index contributed by atoms with van der Waals surface area (Å²) in [7, 11) is 1.90. The van der Waals surface area contributed by atoms with Crippen molar-refractivity contribution in [1.82, 2.24) is 5.32 Å². The monoisotopic (exact) mass is 476 g/mol. The fraction of sp³-hybridized carbons (Fsp3) is 0.393. The Kier molecular flexibility index (Phi) is 9.62. The summed E-state index contributed by atoms with van der Waals surface area (Å²) in [6, 6.07) is 6.48. The highest BCUT2D eigenvalue weighted by molar-refractivity contribution is 6.03. The molecule has 0 saturated carbocycles. The van der Waals surface area contributed by atoms with Crippen LogP contribution in [0.2, 0.25) is 0 Å². The van der Waals surface area contributed by atoms with Crippen LogP contribution in [0, 0.1) is 0 Å². The molecule has 7 heteroatoms. The number of hydrogen-bond acceptors (Lipinski definition) is 7. The maximum absolute atomic E-state index is 6.01. The number of nitrogens with zero attached hydrogens (tertiary/aromatic N) is 2. The topological polar surface area (TPSA) is 67.4 Å². The van der Waals surface area contributed by atoms with E-state index in [4.69, 9.17) is 19.2 Å². The quantitative estimate of drug-likeness (QED) is 0.631. The van der Waals surface area contributed by atoms with E-state index in [1.807, 2.05) is 25.4 Å². The average molecular weight is 477 g/mol. The molecule has 0 spiro atoms. The van der Waals surface area contributed by atoms with Gasteiger partial charge in [0.2, 0.25) is 0 Å². The van der Waals surface area contributed by atoms with Crippen LogP contribution < -0.4 is 15.5 Å². The van der Waals surface area contributed by atoms with E-state index in [1.54, 1.807) is 0 Å². The second kappa shape index (κ2) is 13.6. The molecule has 2 N–H and O–H groups in total. The first-order chi connectivity index (χ1) is 17.3. The maximum atomic E-state index is 6.01. The van der Waals surface area contributed by atoms with Gasteiger partial charge < -0.3 is 29.7 Å². The molecule has 0 aromatic heterocycles. The first-order valence-corrected chi connectivity index (χ1v) is 12.3. The SMILES string of the molecule is CN/C=C\C/C1=N\CNc2ccc(N3CCOCC3)c(c2)COC/C=C\COC2=CCC=CC1=C2. The molecule has 1 aromatic rings. The third kappa shape index (κ3) is 7.60. The Morgan fingerprint density at radius 1 is 1.11 bits per heavy atom. The number of fused-ring (bicyclic) bond motifs is 3. The Hall–Kier alpha value is -3.29. The van der Waals surface area contributed by atoms with Gasteiger partial charge in [0.25, 0.3) is 0 Å².